The first-order valence-electron chi connectivity index (χ1n) is 9.85. The Labute approximate surface area is 178 Å². The van der Waals surface area contributed by atoms with Gasteiger partial charge < -0.3 is 11.1 Å². The van der Waals surface area contributed by atoms with Gasteiger partial charge in [0, 0.05) is 18.8 Å². The van der Waals surface area contributed by atoms with Crippen LogP contribution in [0.25, 0.3) is 11.3 Å². The number of benzene rings is 2. The van der Waals surface area contributed by atoms with Crippen LogP contribution in [0.3, 0.4) is 0 Å². The molecule has 0 fully saturated rings. The molecule has 2 aromatic carbocycles. The first-order valence-corrected chi connectivity index (χ1v) is 9.85. The molecule has 7 nitrogen and oxygen atoms in total. The van der Waals surface area contributed by atoms with Crippen LogP contribution in [0.5, 0.6) is 0 Å². The lowest BCUT2D eigenvalue weighted by atomic mass is 9.92. The van der Waals surface area contributed by atoms with Gasteiger partial charge in [0.25, 0.3) is 11.8 Å². The van der Waals surface area contributed by atoms with Gasteiger partial charge in [-0.05, 0) is 42.0 Å². The van der Waals surface area contributed by atoms with Crippen molar-refractivity contribution in [2.75, 3.05) is 0 Å². The minimum Gasteiger partial charge on any atom is -0.363 e. The van der Waals surface area contributed by atoms with Crippen LogP contribution in [0, 0.1) is 11.7 Å². The molecule has 1 aliphatic rings. The second-order valence-corrected chi connectivity index (χ2v) is 7.66. The minimum absolute atomic E-state index is 0.102. The van der Waals surface area contributed by atoms with Gasteiger partial charge in [0.15, 0.2) is 0 Å². The Bertz CT molecular complexity index is 1160. The van der Waals surface area contributed by atoms with Crippen LogP contribution in [0.1, 0.15) is 21.5 Å². The highest BCUT2D eigenvalue weighted by atomic mass is 19.1. The van der Waals surface area contributed by atoms with Gasteiger partial charge >= 0.3 is 0 Å². The SMILES string of the molecule is Cn1cc(C(=O)N[C@H](C(=O)C(N)=O)C2Cc3ccccc3C2)c(-c2ccccc2F)n1. The highest BCUT2D eigenvalue weighted by molar-refractivity contribution is 6.38. The van der Waals surface area contributed by atoms with Crippen LogP contribution in [0.15, 0.2) is 54.7 Å². The summed E-state index contributed by atoms with van der Waals surface area (Å²) in [5.41, 5.74) is 7.82. The number of aromatic nitrogens is 2. The predicted molar refractivity (Wildman–Crippen MR) is 111 cm³/mol. The molecular weight excluding hydrogens is 399 g/mol. The second-order valence-electron chi connectivity index (χ2n) is 7.66. The fourth-order valence-electron chi connectivity index (χ4n) is 4.11. The molecular formula is C23H21FN4O3. The summed E-state index contributed by atoms with van der Waals surface area (Å²) in [4.78, 5) is 37.4. The maximum Gasteiger partial charge on any atom is 0.287 e. The maximum atomic E-state index is 14.3. The molecule has 1 aromatic heterocycles. The molecule has 3 N–H and O–H groups in total. The van der Waals surface area contributed by atoms with Gasteiger partial charge in [-0.1, -0.05) is 36.4 Å². The van der Waals surface area contributed by atoms with Crippen molar-refractivity contribution in [3.05, 3.63) is 77.2 Å². The first kappa shape index (κ1) is 20.5. The van der Waals surface area contributed by atoms with Crippen molar-refractivity contribution in [2.45, 2.75) is 18.9 Å². The van der Waals surface area contributed by atoms with Gasteiger partial charge in [0.2, 0.25) is 5.78 Å². The van der Waals surface area contributed by atoms with Crippen LogP contribution >= 0.6 is 0 Å². The van der Waals surface area contributed by atoms with E-state index in [9.17, 15) is 18.8 Å². The van der Waals surface area contributed by atoms with Gasteiger partial charge in [-0.2, -0.15) is 5.10 Å². The monoisotopic (exact) mass is 420 g/mol. The Kier molecular flexibility index (Phi) is 5.37. The normalized spacial score (nSPS) is 14.1. The maximum absolute atomic E-state index is 14.3. The number of hydrogen-bond donors (Lipinski definition) is 2. The molecule has 0 saturated heterocycles. The van der Waals surface area contributed by atoms with Crippen LogP contribution in [0.2, 0.25) is 0 Å². The largest absolute Gasteiger partial charge is 0.363 e. The van der Waals surface area contributed by atoms with Crippen molar-refractivity contribution in [1.29, 1.82) is 0 Å². The summed E-state index contributed by atoms with van der Waals surface area (Å²) in [5.74, 6) is -3.42. The lowest BCUT2D eigenvalue weighted by molar-refractivity contribution is -0.137. The van der Waals surface area contributed by atoms with Gasteiger partial charge in [0.1, 0.15) is 17.6 Å². The molecule has 4 rings (SSSR count). The number of hydrogen-bond acceptors (Lipinski definition) is 4. The molecule has 0 aliphatic heterocycles. The molecule has 0 radical (unpaired) electrons. The standard InChI is InChI=1S/C23H21FN4O3/c1-28-12-17(20(27-28)16-8-4-5-9-18(16)24)23(31)26-19(21(29)22(25)30)15-10-13-6-2-3-7-14(13)11-15/h2-9,12,15,19H,10-11H2,1H3,(H2,25,30)(H,26,31)/t19-/m0/s1. The smallest absolute Gasteiger partial charge is 0.287 e. The lowest BCUT2D eigenvalue weighted by Crippen LogP contribution is -2.50. The highest BCUT2D eigenvalue weighted by Crippen LogP contribution is 2.30. The number of amides is 2. The van der Waals surface area contributed by atoms with Crippen molar-refractivity contribution in [3.8, 4) is 11.3 Å². The summed E-state index contributed by atoms with van der Waals surface area (Å²) in [6, 6.07) is 12.6. The average Bonchev–Trinajstić information content (AvgIpc) is 3.35. The summed E-state index contributed by atoms with van der Waals surface area (Å²) in [6.45, 7) is 0. The summed E-state index contributed by atoms with van der Waals surface area (Å²) in [6.07, 6.45) is 2.52. The number of Topliss-reactive ketones (excluding diaryl/α,β-unsaturated/α-hetero) is 1. The van der Waals surface area contributed by atoms with E-state index >= 15 is 0 Å². The molecule has 8 heteroatoms. The summed E-state index contributed by atoms with van der Waals surface area (Å²) >= 11 is 0. The number of aryl methyl sites for hydroxylation is 1. The number of nitrogens with one attached hydrogen (secondary N) is 1. The summed E-state index contributed by atoms with van der Waals surface area (Å²) in [7, 11) is 1.61. The van der Waals surface area contributed by atoms with Gasteiger partial charge in [0.05, 0.1) is 5.56 Å². The van der Waals surface area contributed by atoms with E-state index in [-0.39, 0.29) is 22.7 Å². The molecule has 3 aromatic rings. The van der Waals surface area contributed by atoms with Crippen molar-refractivity contribution in [1.82, 2.24) is 15.1 Å². The summed E-state index contributed by atoms with van der Waals surface area (Å²) < 4.78 is 15.7. The van der Waals surface area contributed by atoms with Crippen LogP contribution in [-0.2, 0) is 29.5 Å². The number of carbonyl (C=O) groups is 3. The van der Waals surface area contributed by atoms with E-state index in [1.165, 1.54) is 23.0 Å². The van der Waals surface area contributed by atoms with E-state index in [1.807, 2.05) is 24.3 Å². The van der Waals surface area contributed by atoms with Gasteiger partial charge in [-0.15, -0.1) is 0 Å². The van der Waals surface area contributed by atoms with Gasteiger partial charge in [-0.25, -0.2) is 4.39 Å². The molecule has 31 heavy (non-hydrogen) atoms. The van der Waals surface area contributed by atoms with Crippen molar-refractivity contribution < 1.29 is 18.8 Å². The fourth-order valence-corrected chi connectivity index (χ4v) is 4.11. The minimum atomic E-state index is -1.11. The van der Waals surface area contributed by atoms with Gasteiger partial charge in [-0.3, -0.25) is 19.1 Å². The number of carbonyl (C=O) groups excluding carboxylic acids is 3. The van der Waals surface area contributed by atoms with Crippen molar-refractivity contribution >= 4 is 17.6 Å². The topological polar surface area (TPSA) is 107 Å². The highest BCUT2D eigenvalue weighted by Gasteiger charge is 2.37. The average molecular weight is 420 g/mol. The molecule has 0 saturated carbocycles. The van der Waals surface area contributed by atoms with E-state index in [0.29, 0.717) is 12.8 Å². The number of fused-ring (bicyclic) bond motifs is 1. The Morgan fingerprint density at radius 3 is 2.32 bits per heavy atom. The molecule has 1 atom stereocenters. The Balaban J connectivity index is 1.65. The Hall–Kier alpha value is -3.81. The molecule has 1 heterocycles. The van der Waals surface area contributed by atoms with Crippen molar-refractivity contribution in [3.63, 3.8) is 0 Å². The predicted octanol–water partition coefficient (Wildman–Crippen LogP) is 1.79. The Morgan fingerprint density at radius 1 is 1.10 bits per heavy atom. The molecule has 0 unspecified atom stereocenters. The van der Waals surface area contributed by atoms with Crippen LogP contribution < -0.4 is 11.1 Å². The first-order chi connectivity index (χ1) is 14.8. The lowest BCUT2D eigenvalue weighted by Gasteiger charge is -2.22. The number of primary amides is 1. The van der Waals surface area contributed by atoms with E-state index in [2.05, 4.69) is 10.4 Å². The van der Waals surface area contributed by atoms with Crippen molar-refractivity contribution in [2.24, 2.45) is 18.7 Å². The second kappa shape index (κ2) is 8.14. The van der Waals surface area contributed by atoms with Crippen LogP contribution in [-0.4, -0.2) is 33.4 Å². The van der Waals surface area contributed by atoms with Crippen LogP contribution in [0.4, 0.5) is 4.39 Å². The Morgan fingerprint density at radius 2 is 1.71 bits per heavy atom. The molecule has 1 aliphatic carbocycles. The molecule has 0 bridgehead atoms. The third kappa shape index (κ3) is 3.96. The zero-order valence-corrected chi connectivity index (χ0v) is 16.8. The van der Waals surface area contributed by atoms with E-state index in [4.69, 9.17) is 5.73 Å². The number of nitrogens with zero attached hydrogens (tertiary/aromatic N) is 2. The molecule has 2 amide bonds. The third-order valence-electron chi connectivity index (χ3n) is 5.57. The molecule has 158 valence electrons. The fraction of sp³-hybridized carbons (Fsp3) is 0.217. The van der Waals surface area contributed by atoms with E-state index in [0.717, 1.165) is 11.1 Å². The number of halogens is 1. The number of nitrogens with two attached hydrogens (primary N) is 1. The number of rotatable bonds is 6. The number of ketones is 1. The molecule has 0 spiro atoms. The quantitative estimate of drug-likeness (QED) is 0.593. The van der Waals surface area contributed by atoms with E-state index < -0.39 is 29.5 Å². The third-order valence-corrected chi connectivity index (χ3v) is 5.57. The zero-order chi connectivity index (χ0) is 22.1. The summed E-state index contributed by atoms with van der Waals surface area (Å²) in [5, 5.41) is 6.89. The zero-order valence-electron chi connectivity index (χ0n) is 16.8. The van der Waals surface area contributed by atoms with E-state index in [1.54, 1.807) is 19.2 Å².